The van der Waals surface area contributed by atoms with Gasteiger partial charge in [0.15, 0.2) is 11.6 Å². The van der Waals surface area contributed by atoms with Crippen molar-refractivity contribution >= 4 is 11.8 Å². The van der Waals surface area contributed by atoms with Gasteiger partial charge in [-0.1, -0.05) is 54.6 Å². The highest BCUT2D eigenvalue weighted by Gasteiger charge is 2.12. The summed E-state index contributed by atoms with van der Waals surface area (Å²) >= 11 is 0. The van der Waals surface area contributed by atoms with Crippen molar-refractivity contribution in [2.75, 3.05) is 13.2 Å². The predicted octanol–water partition coefficient (Wildman–Crippen LogP) is 3.81. The minimum absolute atomic E-state index is 0.113. The van der Waals surface area contributed by atoms with Crippen LogP contribution in [0.4, 0.5) is 4.39 Å². The summed E-state index contributed by atoms with van der Waals surface area (Å²) in [7, 11) is 0. The summed E-state index contributed by atoms with van der Waals surface area (Å²) < 4.78 is 18.9. The van der Waals surface area contributed by atoms with Crippen LogP contribution in [0, 0.1) is 5.82 Å². The van der Waals surface area contributed by atoms with Gasteiger partial charge in [0.2, 0.25) is 5.91 Å². The topological polar surface area (TPSA) is 67.4 Å². The minimum Gasteiger partial charge on any atom is -0.488 e. The van der Waals surface area contributed by atoms with Gasteiger partial charge in [-0.05, 0) is 42.3 Å². The van der Waals surface area contributed by atoms with E-state index in [4.69, 9.17) is 4.74 Å². The van der Waals surface area contributed by atoms with Crippen LogP contribution in [0.25, 0.3) is 11.1 Å². The Kier molecular flexibility index (Phi) is 7.16. The quantitative estimate of drug-likeness (QED) is 0.598. The van der Waals surface area contributed by atoms with Crippen molar-refractivity contribution in [1.82, 2.24) is 10.6 Å². The lowest BCUT2D eigenvalue weighted by atomic mass is 10.0. The lowest BCUT2D eigenvalue weighted by molar-refractivity contribution is -0.120. The number of ether oxygens (including phenoxy) is 1. The molecule has 0 fully saturated rings. The number of carbonyl (C=O) groups is 2. The van der Waals surface area contributed by atoms with Crippen LogP contribution in [0.3, 0.4) is 0 Å². The molecule has 0 aliphatic heterocycles. The normalized spacial score (nSPS) is 11.4. The molecule has 0 aliphatic rings. The molecule has 3 aromatic rings. The molecule has 0 aliphatic carbocycles. The Morgan fingerprint density at radius 3 is 2.23 bits per heavy atom. The summed E-state index contributed by atoms with van der Waals surface area (Å²) in [5.41, 5.74) is 2.54. The summed E-state index contributed by atoms with van der Waals surface area (Å²) in [6.45, 7) is 1.69. The van der Waals surface area contributed by atoms with Gasteiger partial charge >= 0.3 is 0 Å². The molecular formula is C24H23FN2O3. The zero-order chi connectivity index (χ0) is 21.3. The summed E-state index contributed by atoms with van der Waals surface area (Å²) in [6.07, 6.45) is 0. The average molecular weight is 406 g/mol. The Bertz CT molecular complexity index is 991. The number of rotatable bonds is 8. The molecule has 1 atom stereocenters. The van der Waals surface area contributed by atoms with Crippen LogP contribution in [0.15, 0.2) is 78.9 Å². The van der Waals surface area contributed by atoms with E-state index in [2.05, 4.69) is 10.6 Å². The van der Waals surface area contributed by atoms with Crippen LogP contribution in [-0.2, 0) is 4.79 Å². The summed E-state index contributed by atoms with van der Waals surface area (Å²) in [6, 6.07) is 22.8. The minimum atomic E-state index is -0.457. The third-order valence-corrected chi connectivity index (χ3v) is 4.40. The van der Waals surface area contributed by atoms with E-state index < -0.39 is 5.82 Å². The highest BCUT2D eigenvalue weighted by atomic mass is 19.1. The largest absolute Gasteiger partial charge is 0.488 e. The molecule has 30 heavy (non-hydrogen) atoms. The van der Waals surface area contributed by atoms with Gasteiger partial charge in [0, 0.05) is 5.56 Å². The Hall–Kier alpha value is -3.67. The van der Waals surface area contributed by atoms with E-state index in [9.17, 15) is 14.0 Å². The number of nitrogens with one attached hydrogen (secondary N) is 2. The predicted molar refractivity (Wildman–Crippen MR) is 114 cm³/mol. The molecule has 1 unspecified atom stereocenters. The van der Waals surface area contributed by atoms with Crippen LogP contribution in [-0.4, -0.2) is 31.0 Å². The Balaban J connectivity index is 1.43. The third kappa shape index (κ3) is 5.91. The highest BCUT2D eigenvalue weighted by Crippen LogP contribution is 2.19. The first-order valence-corrected chi connectivity index (χ1v) is 9.63. The molecule has 0 saturated heterocycles. The average Bonchev–Trinajstić information content (AvgIpc) is 2.77. The molecule has 0 spiro atoms. The second kappa shape index (κ2) is 10.2. The zero-order valence-corrected chi connectivity index (χ0v) is 16.6. The van der Waals surface area contributed by atoms with Crippen molar-refractivity contribution in [2.45, 2.75) is 13.0 Å². The van der Waals surface area contributed by atoms with E-state index in [1.54, 1.807) is 31.2 Å². The van der Waals surface area contributed by atoms with Crippen LogP contribution in [0.1, 0.15) is 17.3 Å². The van der Waals surface area contributed by atoms with Crippen molar-refractivity contribution in [1.29, 1.82) is 0 Å². The van der Waals surface area contributed by atoms with E-state index >= 15 is 0 Å². The van der Waals surface area contributed by atoms with E-state index in [1.165, 1.54) is 12.1 Å². The fraction of sp³-hybridized carbons (Fsp3) is 0.167. The van der Waals surface area contributed by atoms with Crippen molar-refractivity contribution < 1.29 is 18.7 Å². The monoisotopic (exact) mass is 406 g/mol. The summed E-state index contributed by atoms with van der Waals surface area (Å²) in [5.74, 6) is -1.01. The molecule has 3 aromatic carbocycles. The molecule has 2 N–H and O–H groups in total. The number of hydrogen-bond donors (Lipinski definition) is 2. The first-order chi connectivity index (χ1) is 14.5. The highest BCUT2D eigenvalue weighted by molar-refractivity contribution is 5.96. The van der Waals surface area contributed by atoms with Gasteiger partial charge in [-0.15, -0.1) is 0 Å². The summed E-state index contributed by atoms with van der Waals surface area (Å²) in [5, 5.41) is 5.30. The van der Waals surface area contributed by atoms with Crippen LogP contribution >= 0.6 is 0 Å². The van der Waals surface area contributed by atoms with Gasteiger partial charge in [0.05, 0.1) is 12.6 Å². The first kappa shape index (κ1) is 21.0. The van der Waals surface area contributed by atoms with Gasteiger partial charge in [0.25, 0.3) is 5.91 Å². The first-order valence-electron chi connectivity index (χ1n) is 9.63. The van der Waals surface area contributed by atoms with E-state index in [0.717, 1.165) is 11.1 Å². The molecule has 154 valence electrons. The fourth-order valence-electron chi connectivity index (χ4n) is 2.85. The van der Waals surface area contributed by atoms with Crippen molar-refractivity contribution in [2.24, 2.45) is 0 Å². The van der Waals surface area contributed by atoms with Gasteiger partial charge < -0.3 is 15.4 Å². The molecule has 0 bridgehead atoms. The lowest BCUT2D eigenvalue weighted by Crippen LogP contribution is -2.43. The van der Waals surface area contributed by atoms with Gasteiger partial charge in [0.1, 0.15) is 6.61 Å². The second-order valence-electron chi connectivity index (χ2n) is 6.84. The third-order valence-electron chi connectivity index (χ3n) is 4.40. The Morgan fingerprint density at radius 2 is 1.53 bits per heavy atom. The zero-order valence-electron chi connectivity index (χ0n) is 16.6. The van der Waals surface area contributed by atoms with Crippen molar-refractivity contribution in [3.63, 3.8) is 0 Å². The number of para-hydroxylation sites is 1. The maximum absolute atomic E-state index is 13.5. The standard InChI is InChI=1S/C24H23FN2O3/c1-17(16-30-22-10-6-5-9-21(22)25)27-23(28)15-26-24(29)20-13-11-19(12-14-20)18-7-3-2-4-8-18/h2-14,17H,15-16H2,1H3,(H,26,29)(H,27,28). The van der Waals surface area contributed by atoms with Gasteiger partial charge in [-0.3, -0.25) is 9.59 Å². The summed E-state index contributed by atoms with van der Waals surface area (Å²) in [4.78, 5) is 24.3. The van der Waals surface area contributed by atoms with Crippen LogP contribution in [0.5, 0.6) is 5.75 Å². The number of amides is 2. The maximum Gasteiger partial charge on any atom is 0.251 e. The number of carbonyl (C=O) groups excluding carboxylic acids is 2. The smallest absolute Gasteiger partial charge is 0.251 e. The molecule has 5 nitrogen and oxygen atoms in total. The molecule has 0 saturated carbocycles. The van der Waals surface area contributed by atoms with Crippen molar-refractivity contribution in [3.05, 3.63) is 90.2 Å². The van der Waals surface area contributed by atoms with Gasteiger partial charge in [-0.25, -0.2) is 4.39 Å². The molecule has 0 aromatic heterocycles. The molecule has 0 radical (unpaired) electrons. The number of halogens is 1. The maximum atomic E-state index is 13.5. The fourth-order valence-corrected chi connectivity index (χ4v) is 2.85. The lowest BCUT2D eigenvalue weighted by Gasteiger charge is -2.15. The molecule has 6 heteroatoms. The molecule has 2 amide bonds. The SMILES string of the molecule is CC(COc1ccccc1F)NC(=O)CNC(=O)c1ccc(-c2ccccc2)cc1. The molecule has 3 rings (SSSR count). The second-order valence-corrected chi connectivity index (χ2v) is 6.84. The van der Waals surface area contributed by atoms with E-state index in [0.29, 0.717) is 5.56 Å². The van der Waals surface area contributed by atoms with Gasteiger partial charge in [-0.2, -0.15) is 0 Å². The Morgan fingerprint density at radius 1 is 0.900 bits per heavy atom. The molecular weight excluding hydrogens is 383 g/mol. The molecule has 0 heterocycles. The van der Waals surface area contributed by atoms with Crippen LogP contribution in [0.2, 0.25) is 0 Å². The van der Waals surface area contributed by atoms with E-state index in [1.807, 2.05) is 42.5 Å². The van der Waals surface area contributed by atoms with Crippen LogP contribution < -0.4 is 15.4 Å². The van der Waals surface area contributed by atoms with E-state index in [-0.39, 0.29) is 36.8 Å². The Labute approximate surface area is 174 Å². The number of benzene rings is 3. The van der Waals surface area contributed by atoms with Crippen molar-refractivity contribution in [3.8, 4) is 16.9 Å². The number of hydrogen-bond acceptors (Lipinski definition) is 3.